The van der Waals surface area contributed by atoms with Crippen LogP contribution in [0.25, 0.3) is 10.2 Å². The number of nitrogens with one attached hydrogen (secondary N) is 1. The molecule has 1 N–H and O–H groups in total. The summed E-state index contributed by atoms with van der Waals surface area (Å²) in [5.74, 6) is 0.921. The highest BCUT2D eigenvalue weighted by atomic mass is 32.1. The minimum Gasteiger partial charge on any atom is -0.486 e. The molecule has 3 aromatic rings. The number of amides is 1. The molecule has 1 unspecified atom stereocenters. The van der Waals surface area contributed by atoms with E-state index >= 15 is 0 Å². The van der Waals surface area contributed by atoms with Crippen LogP contribution in [-0.4, -0.2) is 41.6 Å². The fraction of sp³-hybridized carbons (Fsp3) is 0.238. The van der Waals surface area contributed by atoms with Crippen LogP contribution in [0.4, 0.5) is 10.8 Å². The maximum Gasteiger partial charge on any atom is 0.273 e. The Labute approximate surface area is 176 Å². The quantitative estimate of drug-likeness (QED) is 0.694. The van der Waals surface area contributed by atoms with Crippen molar-refractivity contribution in [1.82, 2.24) is 4.98 Å². The number of thiazole rings is 1. The second-order valence-corrected chi connectivity index (χ2v) is 8.02. The number of para-hydroxylation sites is 1. The Morgan fingerprint density at radius 3 is 2.60 bits per heavy atom. The van der Waals surface area contributed by atoms with Gasteiger partial charge in [-0.3, -0.25) is 19.9 Å². The molecule has 152 valence electrons. The predicted octanol–water partition coefficient (Wildman–Crippen LogP) is 3.23. The molecule has 8 nitrogen and oxygen atoms in total. The third-order valence-electron chi connectivity index (χ3n) is 4.94. The summed E-state index contributed by atoms with van der Waals surface area (Å²) in [7, 11) is 0. The first-order valence-electron chi connectivity index (χ1n) is 9.52. The lowest BCUT2D eigenvalue weighted by Gasteiger charge is -2.20. The van der Waals surface area contributed by atoms with Crippen molar-refractivity contribution in [3.63, 3.8) is 0 Å². The first kappa shape index (κ1) is 18.6. The van der Waals surface area contributed by atoms with E-state index in [4.69, 9.17) is 9.47 Å². The van der Waals surface area contributed by atoms with E-state index in [1.165, 1.54) is 18.3 Å². The normalized spacial score (nSPS) is 17.7. The molecular weight excluding hydrogens is 404 g/mol. The standard InChI is InChI=1S/C21H18N4O4S/c1-12(26)16-9-15(24-25(16)13-5-3-2-4-6-13)20(27)23-21-22-14-10-17-18(11-19(14)30-21)29-8-7-28-17/h2-6,10-11,16H,7-9H2,1H3,(H,22,23,27). The molecular formula is C21H18N4O4S. The second kappa shape index (κ2) is 7.42. The highest BCUT2D eigenvalue weighted by molar-refractivity contribution is 7.22. The number of benzene rings is 2. The van der Waals surface area contributed by atoms with Crippen molar-refractivity contribution in [2.24, 2.45) is 5.10 Å². The maximum atomic E-state index is 12.8. The number of ether oxygens (including phenoxy) is 2. The smallest absolute Gasteiger partial charge is 0.273 e. The molecule has 0 saturated heterocycles. The van der Waals surface area contributed by atoms with E-state index in [2.05, 4.69) is 15.4 Å². The van der Waals surface area contributed by atoms with Gasteiger partial charge in [0, 0.05) is 18.6 Å². The lowest BCUT2D eigenvalue weighted by Crippen LogP contribution is -2.33. The van der Waals surface area contributed by atoms with Crippen molar-refractivity contribution >= 4 is 49.8 Å². The summed E-state index contributed by atoms with van der Waals surface area (Å²) in [5.41, 5.74) is 1.79. The van der Waals surface area contributed by atoms with Gasteiger partial charge in [0.05, 0.1) is 15.9 Å². The predicted molar refractivity (Wildman–Crippen MR) is 115 cm³/mol. The Morgan fingerprint density at radius 2 is 1.87 bits per heavy atom. The molecule has 2 aromatic carbocycles. The van der Waals surface area contributed by atoms with E-state index in [-0.39, 0.29) is 18.1 Å². The Morgan fingerprint density at radius 1 is 1.13 bits per heavy atom. The van der Waals surface area contributed by atoms with Gasteiger partial charge in [0.1, 0.15) is 25.0 Å². The topological polar surface area (TPSA) is 93.1 Å². The summed E-state index contributed by atoms with van der Waals surface area (Å²) in [6.07, 6.45) is 0.247. The van der Waals surface area contributed by atoms with Gasteiger partial charge in [-0.1, -0.05) is 29.5 Å². The molecule has 0 fully saturated rings. The zero-order valence-electron chi connectivity index (χ0n) is 16.1. The Bertz CT molecular complexity index is 1130. The van der Waals surface area contributed by atoms with E-state index in [1.807, 2.05) is 42.5 Å². The van der Waals surface area contributed by atoms with Crippen LogP contribution in [0.5, 0.6) is 11.5 Å². The molecule has 3 heterocycles. The second-order valence-electron chi connectivity index (χ2n) is 6.99. The van der Waals surface area contributed by atoms with E-state index in [9.17, 15) is 9.59 Å². The number of Topliss-reactive ketones (excluding diaryl/α,β-unsaturated/α-hetero) is 1. The molecule has 0 radical (unpaired) electrons. The van der Waals surface area contributed by atoms with Crippen LogP contribution < -0.4 is 19.8 Å². The van der Waals surface area contributed by atoms with Crippen molar-refractivity contribution < 1.29 is 19.1 Å². The SMILES string of the molecule is CC(=O)C1CC(C(=O)Nc2nc3cc4c(cc3s2)OCCO4)=NN1c1ccccc1. The summed E-state index contributed by atoms with van der Waals surface area (Å²) in [5, 5.41) is 9.31. The van der Waals surface area contributed by atoms with Crippen LogP contribution in [0.2, 0.25) is 0 Å². The van der Waals surface area contributed by atoms with Gasteiger partial charge in [0.25, 0.3) is 5.91 Å². The lowest BCUT2D eigenvalue weighted by molar-refractivity contribution is -0.118. The minimum atomic E-state index is -0.496. The number of nitrogens with zero attached hydrogens (tertiary/aromatic N) is 3. The molecule has 1 atom stereocenters. The monoisotopic (exact) mass is 422 g/mol. The van der Waals surface area contributed by atoms with E-state index in [0.29, 0.717) is 35.6 Å². The molecule has 1 amide bonds. The fourth-order valence-corrected chi connectivity index (χ4v) is 4.34. The minimum absolute atomic E-state index is 0.0454. The number of hydrogen-bond donors (Lipinski definition) is 1. The number of anilines is 2. The first-order valence-corrected chi connectivity index (χ1v) is 10.3. The fourth-order valence-electron chi connectivity index (χ4n) is 3.47. The molecule has 1 aromatic heterocycles. The van der Waals surface area contributed by atoms with Crippen LogP contribution in [0, 0.1) is 0 Å². The zero-order chi connectivity index (χ0) is 20.7. The molecule has 5 rings (SSSR count). The van der Waals surface area contributed by atoms with E-state index in [1.54, 1.807) is 5.01 Å². The van der Waals surface area contributed by atoms with Crippen molar-refractivity contribution in [1.29, 1.82) is 0 Å². The highest BCUT2D eigenvalue weighted by Crippen LogP contribution is 2.38. The van der Waals surface area contributed by atoms with Crippen molar-refractivity contribution in [3.05, 3.63) is 42.5 Å². The molecule has 0 saturated carbocycles. The molecule has 0 aliphatic carbocycles. The average Bonchev–Trinajstić information content (AvgIpc) is 3.36. The van der Waals surface area contributed by atoms with Crippen molar-refractivity contribution in [2.45, 2.75) is 19.4 Å². The number of hydrazone groups is 1. The van der Waals surface area contributed by atoms with E-state index in [0.717, 1.165) is 15.9 Å². The number of aromatic nitrogens is 1. The van der Waals surface area contributed by atoms with Crippen LogP contribution in [0.1, 0.15) is 13.3 Å². The lowest BCUT2D eigenvalue weighted by atomic mass is 10.1. The van der Waals surface area contributed by atoms with E-state index < -0.39 is 6.04 Å². The number of carbonyl (C=O) groups excluding carboxylic acids is 2. The number of rotatable bonds is 4. The van der Waals surface area contributed by atoms with Gasteiger partial charge in [0.15, 0.2) is 22.4 Å². The highest BCUT2D eigenvalue weighted by Gasteiger charge is 2.34. The van der Waals surface area contributed by atoms with Gasteiger partial charge < -0.3 is 9.47 Å². The largest absolute Gasteiger partial charge is 0.486 e. The van der Waals surface area contributed by atoms with Gasteiger partial charge in [-0.05, 0) is 19.1 Å². The molecule has 2 aliphatic heterocycles. The third kappa shape index (κ3) is 3.37. The maximum absolute atomic E-state index is 12.8. The van der Waals surface area contributed by atoms with Crippen molar-refractivity contribution in [3.8, 4) is 11.5 Å². The molecule has 0 bridgehead atoms. The summed E-state index contributed by atoms with van der Waals surface area (Å²) >= 11 is 1.35. The summed E-state index contributed by atoms with van der Waals surface area (Å²) in [4.78, 5) is 29.4. The first-order chi connectivity index (χ1) is 14.6. The third-order valence-corrected chi connectivity index (χ3v) is 5.87. The summed E-state index contributed by atoms with van der Waals surface area (Å²) < 4.78 is 12.1. The average molecular weight is 422 g/mol. The number of fused-ring (bicyclic) bond motifs is 2. The van der Waals surface area contributed by atoms with Gasteiger partial charge >= 0.3 is 0 Å². The molecule has 9 heteroatoms. The zero-order valence-corrected chi connectivity index (χ0v) is 16.9. The molecule has 2 aliphatic rings. The Kier molecular flexibility index (Phi) is 4.59. The summed E-state index contributed by atoms with van der Waals surface area (Å²) in [6.45, 7) is 2.52. The molecule has 30 heavy (non-hydrogen) atoms. The van der Waals surface area contributed by atoms with Gasteiger partial charge in [-0.15, -0.1) is 0 Å². The van der Waals surface area contributed by atoms with Crippen LogP contribution in [-0.2, 0) is 9.59 Å². The number of ketones is 1. The Hall–Kier alpha value is -3.46. The van der Waals surface area contributed by atoms with Crippen molar-refractivity contribution in [2.75, 3.05) is 23.5 Å². The van der Waals surface area contributed by atoms with Crippen LogP contribution in [0.3, 0.4) is 0 Å². The van der Waals surface area contributed by atoms with Crippen LogP contribution in [0.15, 0.2) is 47.6 Å². The Balaban J connectivity index is 1.39. The van der Waals surface area contributed by atoms with Crippen LogP contribution >= 0.6 is 11.3 Å². The van der Waals surface area contributed by atoms with Gasteiger partial charge in [-0.2, -0.15) is 5.10 Å². The van der Waals surface area contributed by atoms with Gasteiger partial charge in [-0.25, -0.2) is 4.98 Å². The number of hydrogen-bond acceptors (Lipinski definition) is 8. The molecule has 0 spiro atoms. The summed E-state index contributed by atoms with van der Waals surface area (Å²) in [6, 6.07) is 12.5. The van der Waals surface area contributed by atoms with Gasteiger partial charge in [0.2, 0.25) is 0 Å². The number of carbonyl (C=O) groups is 2.